The van der Waals surface area contributed by atoms with E-state index in [4.69, 9.17) is 11.6 Å². The third-order valence-corrected chi connectivity index (χ3v) is 7.50. The Labute approximate surface area is 144 Å². The molecule has 124 valence electrons. The summed E-state index contributed by atoms with van der Waals surface area (Å²) in [6, 6.07) is 9.29. The van der Waals surface area contributed by atoms with Crippen molar-refractivity contribution < 1.29 is 0 Å². The largest absolute Gasteiger partial charge is 0.369 e. The van der Waals surface area contributed by atoms with Gasteiger partial charge < -0.3 is 4.90 Å². The summed E-state index contributed by atoms with van der Waals surface area (Å²) < 4.78 is 0. The maximum atomic E-state index is 6.02. The minimum atomic E-state index is 0.835. The molecule has 4 aliphatic carbocycles. The third kappa shape index (κ3) is 2.49. The van der Waals surface area contributed by atoms with Crippen LogP contribution in [-0.2, 0) is 0 Å². The first-order valence-corrected chi connectivity index (χ1v) is 9.90. The van der Waals surface area contributed by atoms with Gasteiger partial charge in [-0.15, -0.1) is 0 Å². The fraction of sp³-hybridized carbons (Fsp3) is 0.700. The molecule has 4 bridgehead atoms. The van der Waals surface area contributed by atoms with Crippen LogP contribution in [0.2, 0.25) is 5.02 Å². The molecular formula is C20H27ClN2. The van der Waals surface area contributed by atoms with Crippen molar-refractivity contribution in [2.75, 3.05) is 31.1 Å². The molecular weight excluding hydrogens is 304 g/mol. The van der Waals surface area contributed by atoms with E-state index in [0.29, 0.717) is 0 Å². The van der Waals surface area contributed by atoms with Crippen LogP contribution in [0.5, 0.6) is 0 Å². The Hall–Kier alpha value is -0.730. The van der Waals surface area contributed by atoms with Gasteiger partial charge in [-0.1, -0.05) is 18.0 Å². The monoisotopic (exact) mass is 330 g/mol. The maximum Gasteiger partial charge on any atom is 0.0407 e. The van der Waals surface area contributed by atoms with Gasteiger partial charge in [-0.2, -0.15) is 0 Å². The molecule has 0 aromatic heterocycles. The normalized spacial score (nSPS) is 39.9. The van der Waals surface area contributed by atoms with Crippen LogP contribution in [0.1, 0.15) is 32.1 Å². The van der Waals surface area contributed by atoms with Gasteiger partial charge in [0.15, 0.2) is 0 Å². The van der Waals surface area contributed by atoms with Crippen molar-refractivity contribution in [2.24, 2.45) is 23.7 Å². The van der Waals surface area contributed by atoms with Crippen LogP contribution >= 0.6 is 11.6 Å². The number of halogens is 1. The van der Waals surface area contributed by atoms with E-state index in [-0.39, 0.29) is 0 Å². The molecule has 0 spiro atoms. The van der Waals surface area contributed by atoms with E-state index in [9.17, 15) is 0 Å². The lowest BCUT2D eigenvalue weighted by Gasteiger charge is -2.42. The molecule has 4 saturated carbocycles. The predicted octanol–water partition coefficient (Wildman–Crippen LogP) is 4.29. The fourth-order valence-electron chi connectivity index (χ4n) is 6.32. The molecule has 5 aliphatic rings. The van der Waals surface area contributed by atoms with E-state index in [0.717, 1.165) is 34.7 Å². The highest BCUT2D eigenvalue weighted by Gasteiger charge is 2.52. The number of nitrogens with zero attached hydrogens (tertiary/aromatic N) is 2. The lowest BCUT2D eigenvalue weighted by molar-refractivity contribution is 0.117. The summed E-state index contributed by atoms with van der Waals surface area (Å²) in [7, 11) is 0. The lowest BCUT2D eigenvalue weighted by atomic mass is 9.93. The van der Waals surface area contributed by atoms with Crippen molar-refractivity contribution in [1.29, 1.82) is 0 Å². The number of piperazine rings is 1. The van der Waals surface area contributed by atoms with Crippen molar-refractivity contribution >= 4 is 17.3 Å². The van der Waals surface area contributed by atoms with Crippen molar-refractivity contribution in [3.8, 4) is 0 Å². The summed E-state index contributed by atoms with van der Waals surface area (Å²) in [6.45, 7) is 4.84. The molecule has 6 rings (SSSR count). The first kappa shape index (κ1) is 14.6. The molecule has 1 aromatic carbocycles. The van der Waals surface area contributed by atoms with Crippen LogP contribution in [0.4, 0.5) is 5.69 Å². The highest BCUT2D eigenvalue weighted by atomic mass is 35.5. The third-order valence-electron chi connectivity index (χ3n) is 7.25. The summed E-state index contributed by atoms with van der Waals surface area (Å²) in [5.41, 5.74) is 1.33. The van der Waals surface area contributed by atoms with E-state index in [2.05, 4.69) is 21.9 Å². The fourth-order valence-corrected chi connectivity index (χ4v) is 6.44. The van der Waals surface area contributed by atoms with Crippen molar-refractivity contribution in [2.45, 2.75) is 38.1 Å². The number of benzene rings is 1. The number of rotatable bonds is 2. The Morgan fingerprint density at radius 1 is 0.826 bits per heavy atom. The van der Waals surface area contributed by atoms with Crippen molar-refractivity contribution in [3.05, 3.63) is 29.3 Å². The Morgan fingerprint density at radius 3 is 2.39 bits per heavy atom. The molecule has 1 heterocycles. The van der Waals surface area contributed by atoms with Gasteiger partial charge in [0.05, 0.1) is 0 Å². The van der Waals surface area contributed by atoms with E-state index < -0.39 is 0 Å². The molecule has 1 aliphatic heterocycles. The van der Waals surface area contributed by atoms with Gasteiger partial charge in [0.1, 0.15) is 0 Å². The quantitative estimate of drug-likeness (QED) is 0.798. The van der Waals surface area contributed by atoms with Crippen LogP contribution in [0.25, 0.3) is 0 Å². The Balaban J connectivity index is 1.27. The molecule has 1 aromatic rings. The second-order valence-electron chi connectivity index (χ2n) is 8.32. The lowest BCUT2D eigenvalue weighted by Crippen LogP contribution is -2.53. The zero-order valence-corrected chi connectivity index (χ0v) is 14.6. The van der Waals surface area contributed by atoms with Gasteiger partial charge in [-0.05, 0) is 73.6 Å². The minimum Gasteiger partial charge on any atom is -0.369 e. The van der Waals surface area contributed by atoms with Gasteiger partial charge in [0.2, 0.25) is 0 Å². The molecule has 0 radical (unpaired) electrons. The summed E-state index contributed by atoms with van der Waals surface area (Å²) in [4.78, 5) is 5.40. The van der Waals surface area contributed by atoms with E-state index in [1.54, 1.807) is 19.3 Å². The van der Waals surface area contributed by atoms with Gasteiger partial charge in [-0.25, -0.2) is 0 Å². The smallest absolute Gasteiger partial charge is 0.0407 e. The SMILES string of the molecule is Clc1ccc(N2CCN(C3C4CCC5CC(C4)C3C5)CC2)cc1. The second-order valence-corrected chi connectivity index (χ2v) is 8.76. The Morgan fingerprint density at radius 2 is 1.61 bits per heavy atom. The number of anilines is 1. The second kappa shape index (κ2) is 5.67. The Bertz CT molecular complexity index is 564. The van der Waals surface area contributed by atoms with Crippen LogP contribution in [0.15, 0.2) is 24.3 Å². The van der Waals surface area contributed by atoms with Crippen molar-refractivity contribution in [3.63, 3.8) is 0 Å². The molecule has 2 nitrogen and oxygen atoms in total. The van der Waals surface area contributed by atoms with E-state index in [1.165, 1.54) is 44.7 Å². The molecule has 0 N–H and O–H groups in total. The molecule has 5 fully saturated rings. The average molecular weight is 331 g/mol. The van der Waals surface area contributed by atoms with E-state index >= 15 is 0 Å². The predicted molar refractivity (Wildman–Crippen MR) is 96.1 cm³/mol. The average Bonchev–Trinajstić information content (AvgIpc) is 2.93. The molecule has 0 amide bonds. The molecule has 5 atom stereocenters. The first-order valence-electron chi connectivity index (χ1n) is 9.52. The molecule has 1 saturated heterocycles. The molecule has 3 heteroatoms. The molecule has 5 unspecified atom stereocenters. The summed E-state index contributed by atoms with van der Waals surface area (Å²) in [5, 5.41) is 0.835. The van der Waals surface area contributed by atoms with Crippen LogP contribution in [0, 0.1) is 23.7 Å². The van der Waals surface area contributed by atoms with Gasteiger partial charge in [0.25, 0.3) is 0 Å². The van der Waals surface area contributed by atoms with Crippen LogP contribution < -0.4 is 4.90 Å². The zero-order chi connectivity index (χ0) is 15.4. The zero-order valence-electron chi connectivity index (χ0n) is 13.8. The van der Waals surface area contributed by atoms with Gasteiger partial charge in [0, 0.05) is 42.9 Å². The van der Waals surface area contributed by atoms with Crippen molar-refractivity contribution in [1.82, 2.24) is 4.90 Å². The maximum absolute atomic E-state index is 6.02. The summed E-state index contributed by atoms with van der Waals surface area (Å²) in [6.07, 6.45) is 7.69. The van der Waals surface area contributed by atoms with Gasteiger partial charge >= 0.3 is 0 Å². The van der Waals surface area contributed by atoms with Crippen LogP contribution in [0.3, 0.4) is 0 Å². The molecule has 23 heavy (non-hydrogen) atoms. The topological polar surface area (TPSA) is 6.48 Å². The number of hydrogen-bond acceptors (Lipinski definition) is 2. The highest BCUT2D eigenvalue weighted by Crippen LogP contribution is 2.56. The Kier molecular flexibility index (Phi) is 3.60. The standard InChI is InChI=1S/C20H27ClN2/c21-17-3-5-18(6-4-17)22-7-9-23(10-8-22)20-15-2-1-14-11-16(13-15)19(20)12-14/h3-6,14-16,19-20H,1-2,7-13H2. The number of hydrogen-bond donors (Lipinski definition) is 0. The first-order chi connectivity index (χ1) is 11.3. The summed E-state index contributed by atoms with van der Waals surface area (Å²) >= 11 is 6.02. The van der Waals surface area contributed by atoms with Gasteiger partial charge in [-0.3, -0.25) is 4.90 Å². The summed E-state index contributed by atoms with van der Waals surface area (Å²) in [5.74, 6) is 4.20. The number of fused-ring (bicyclic) bond motifs is 1. The van der Waals surface area contributed by atoms with Crippen LogP contribution in [-0.4, -0.2) is 37.1 Å². The minimum absolute atomic E-state index is 0.835. The van der Waals surface area contributed by atoms with E-state index in [1.807, 2.05) is 12.1 Å². The highest BCUT2D eigenvalue weighted by molar-refractivity contribution is 6.30.